The molecule has 0 heterocycles. The molecule has 0 aliphatic carbocycles. The number of nitrogens with one attached hydrogen (secondary N) is 2. The minimum absolute atomic E-state index is 0.0422. The average molecular weight is 1020 g/mol. The van der Waals surface area contributed by atoms with Crippen LogP contribution in [0.3, 0.4) is 0 Å². The molecule has 0 saturated heterocycles. The molecule has 2 aromatic carbocycles. The number of benzene rings is 2. The Bertz CT molecular complexity index is 1990. The molecular weight excluding hydrogens is 981 g/mol. The van der Waals surface area contributed by atoms with E-state index in [0.29, 0.717) is 11.6 Å². The molecule has 28 heteroatoms. The summed E-state index contributed by atoms with van der Waals surface area (Å²) in [5.41, 5.74) is -0.600. The summed E-state index contributed by atoms with van der Waals surface area (Å²) in [6, 6.07) is 6.33. The number of carbonyl (C=O) groups excluding carboxylic acids is 2. The molecule has 0 aromatic heterocycles. The smallest absolute Gasteiger partial charge is 0.460 e. The molecule has 0 aliphatic heterocycles. The summed E-state index contributed by atoms with van der Waals surface area (Å²) >= 11 is 0. The molecule has 0 unspecified atom stereocenters. The molecule has 0 spiro atoms. The lowest BCUT2D eigenvalue weighted by molar-refractivity contribution is -0.461. The maximum Gasteiger partial charge on any atom is 0.460 e. The van der Waals surface area contributed by atoms with Gasteiger partial charge in [-0.05, 0) is 65.7 Å². The first-order chi connectivity index (χ1) is 30.3. The molecule has 0 saturated carbocycles. The summed E-state index contributed by atoms with van der Waals surface area (Å²) in [5, 5.41) is 10.8. The SMILES string of the molecule is CC(C)[Si](CCC(F)(F)C(F)(F)C(F)(F)C(F)(F)C(F)(F)C(F)(F)C(F)(F)C(F)(F)F)(OCCOc1ccc([C@@H](OC(=O)Nc2ccc(F)cc2F)[C@@H](C)CC/C=C/C(=O)NO)cc1)C(C)C. The third kappa shape index (κ3) is 12.2. The van der Waals surface area contributed by atoms with Crippen LogP contribution in [0.25, 0.3) is 0 Å². The summed E-state index contributed by atoms with van der Waals surface area (Å²) in [6.45, 7) is 5.70. The van der Waals surface area contributed by atoms with Gasteiger partial charge in [0, 0.05) is 18.6 Å². The van der Waals surface area contributed by atoms with Gasteiger partial charge in [-0.25, -0.2) is 19.1 Å². The molecule has 8 nitrogen and oxygen atoms in total. The van der Waals surface area contributed by atoms with Crippen molar-refractivity contribution in [2.24, 2.45) is 5.92 Å². The fourth-order valence-corrected chi connectivity index (χ4v) is 11.1. The summed E-state index contributed by atoms with van der Waals surface area (Å²) in [4.78, 5) is 24.1. The number of amides is 2. The lowest BCUT2D eigenvalue weighted by Crippen LogP contribution is -2.74. The van der Waals surface area contributed by atoms with Crippen LogP contribution >= 0.6 is 0 Å². The predicted octanol–water partition coefficient (Wildman–Crippen LogP) is 13.3. The van der Waals surface area contributed by atoms with Crippen molar-refractivity contribution in [1.82, 2.24) is 5.48 Å². The lowest BCUT2D eigenvalue weighted by Gasteiger charge is -2.44. The quantitative estimate of drug-likeness (QED) is 0.0242. The van der Waals surface area contributed by atoms with Crippen molar-refractivity contribution < 1.29 is 112 Å². The molecule has 0 fully saturated rings. The van der Waals surface area contributed by atoms with E-state index in [0.717, 1.165) is 18.2 Å². The maximum atomic E-state index is 15.0. The van der Waals surface area contributed by atoms with Gasteiger partial charge >= 0.3 is 53.7 Å². The Morgan fingerprint density at radius 3 is 1.69 bits per heavy atom. The highest BCUT2D eigenvalue weighted by molar-refractivity contribution is 6.76. The number of ether oxygens (including phenoxy) is 2. The second-order valence-electron chi connectivity index (χ2n) is 15.7. The van der Waals surface area contributed by atoms with Crippen LogP contribution in [0.4, 0.5) is 93.9 Å². The third-order valence-electron chi connectivity index (χ3n) is 10.6. The molecule has 0 bridgehead atoms. The number of halogens is 19. The van der Waals surface area contributed by atoms with E-state index in [2.05, 4.69) is 5.32 Å². The first kappa shape index (κ1) is 58.7. The van der Waals surface area contributed by atoms with E-state index >= 15 is 0 Å². The maximum absolute atomic E-state index is 15.0. The molecule has 67 heavy (non-hydrogen) atoms. The monoisotopic (exact) mass is 1020 g/mol. The summed E-state index contributed by atoms with van der Waals surface area (Å²) in [7, 11) is -4.06. The second kappa shape index (κ2) is 21.4. The molecule has 0 aliphatic rings. The molecule has 2 aromatic rings. The average Bonchev–Trinajstić information content (AvgIpc) is 3.21. The third-order valence-corrected chi connectivity index (χ3v) is 16.3. The highest BCUT2D eigenvalue weighted by atomic mass is 28.4. The first-order valence-electron chi connectivity index (χ1n) is 19.4. The molecule has 3 N–H and O–H groups in total. The van der Waals surface area contributed by atoms with E-state index in [4.69, 9.17) is 19.1 Å². The standard InChI is InChI=1S/C39H43F19N2O6Si/c1-21(2)67(22(3)4,19-16-32(42,43)33(44,45)34(46,47)35(48,49)36(50,51)37(52,53)38(54,55)39(56,57)58)65-18-17-64-26-13-10-24(11-14-26)30(23(5)8-6-7-9-29(61)60-63)66-31(62)59-28-15-12-25(40)20-27(28)41/h7,9-15,20-23,30,63H,6,8,16-19H2,1-5H3,(H,59,62)(H,60,61)/b9-7+/t23-,30-/m0/s1. The molecule has 382 valence electrons. The number of hydroxylamine groups is 1. The Labute approximate surface area is 370 Å². The minimum atomic E-state index is -8.72. The zero-order chi connectivity index (χ0) is 52.0. The molecule has 2 amide bonds. The second-order valence-corrected chi connectivity index (χ2v) is 20.7. The summed E-state index contributed by atoms with van der Waals surface area (Å²) in [6.07, 6.45) is -9.87. The van der Waals surface area contributed by atoms with Crippen molar-refractivity contribution in [3.05, 3.63) is 71.8 Å². The van der Waals surface area contributed by atoms with Crippen LogP contribution in [0.1, 0.15) is 65.5 Å². The molecule has 2 rings (SSSR count). The van der Waals surface area contributed by atoms with Crippen molar-refractivity contribution in [3.63, 3.8) is 0 Å². The fourth-order valence-electron chi connectivity index (χ4n) is 6.60. The Balaban J connectivity index is 2.30. The van der Waals surface area contributed by atoms with Crippen LogP contribution < -0.4 is 15.5 Å². The van der Waals surface area contributed by atoms with Gasteiger partial charge < -0.3 is 13.9 Å². The van der Waals surface area contributed by atoms with Gasteiger partial charge in [0.05, 0.1) is 12.3 Å². The van der Waals surface area contributed by atoms with Gasteiger partial charge in [0.2, 0.25) is 0 Å². The highest BCUT2D eigenvalue weighted by Gasteiger charge is 2.95. The fraction of sp³-hybridized carbons (Fsp3) is 0.590. The number of hydrogen-bond acceptors (Lipinski definition) is 6. The number of rotatable bonds is 24. The Morgan fingerprint density at radius 2 is 1.21 bits per heavy atom. The van der Waals surface area contributed by atoms with E-state index in [9.17, 15) is 93.0 Å². The van der Waals surface area contributed by atoms with Crippen LogP contribution in [0.5, 0.6) is 5.75 Å². The summed E-state index contributed by atoms with van der Waals surface area (Å²) < 4.78 is 280. The number of hydrogen-bond donors (Lipinski definition) is 3. The van der Waals surface area contributed by atoms with Gasteiger partial charge in [-0.2, -0.15) is 74.6 Å². The van der Waals surface area contributed by atoms with Crippen molar-refractivity contribution in [2.75, 3.05) is 18.5 Å². The summed E-state index contributed by atoms with van der Waals surface area (Å²) in [5.74, 6) is -60.4. The normalized spacial score (nSPS) is 15.0. The first-order valence-corrected chi connectivity index (χ1v) is 21.7. The predicted molar refractivity (Wildman–Crippen MR) is 201 cm³/mol. The minimum Gasteiger partial charge on any atom is -0.491 e. The van der Waals surface area contributed by atoms with Crippen molar-refractivity contribution in [2.45, 2.75) is 125 Å². The largest absolute Gasteiger partial charge is 0.491 e. The number of anilines is 1. The van der Waals surface area contributed by atoms with E-state index in [-0.39, 0.29) is 18.6 Å². The van der Waals surface area contributed by atoms with E-state index in [1.165, 1.54) is 63.5 Å². The highest BCUT2D eigenvalue weighted by Crippen LogP contribution is 2.64. The Morgan fingerprint density at radius 1 is 0.701 bits per heavy atom. The Kier molecular flexibility index (Phi) is 18.8. The van der Waals surface area contributed by atoms with Gasteiger partial charge in [-0.3, -0.25) is 15.3 Å². The molecular formula is C39H43F19N2O6Si. The van der Waals surface area contributed by atoms with Gasteiger partial charge in [-0.1, -0.05) is 52.8 Å². The Hall–Kier alpha value is -4.47. The van der Waals surface area contributed by atoms with E-state index < -0.39 is 134 Å². The van der Waals surface area contributed by atoms with Gasteiger partial charge in [0.1, 0.15) is 30.1 Å². The van der Waals surface area contributed by atoms with Crippen LogP contribution in [-0.4, -0.2) is 86.4 Å². The zero-order valence-corrected chi connectivity index (χ0v) is 36.4. The molecule has 2 atom stereocenters. The van der Waals surface area contributed by atoms with Crippen LogP contribution in [0.2, 0.25) is 17.1 Å². The van der Waals surface area contributed by atoms with E-state index in [1.54, 1.807) is 6.92 Å². The molecule has 0 radical (unpaired) electrons. The number of alkyl halides is 17. The van der Waals surface area contributed by atoms with Crippen molar-refractivity contribution in [1.29, 1.82) is 0 Å². The van der Waals surface area contributed by atoms with Gasteiger partial charge in [0.15, 0.2) is 8.32 Å². The topological polar surface area (TPSA) is 106 Å². The van der Waals surface area contributed by atoms with Gasteiger partial charge in [-0.15, -0.1) is 0 Å². The van der Waals surface area contributed by atoms with Crippen LogP contribution in [-0.2, 0) is 14.0 Å². The number of allylic oxidation sites excluding steroid dienone is 1. The van der Waals surface area contributed by atoms with E-state index in [1.807, 2.05) is 0 Å². The van der Waals surface area contributed by atoms with Crippen LogP contribution in [0, 0.1) is 17.6 Å². The zero-order valence-electron chi connectivity index (χ0n) is 35.4. The number of carbonyl (C=O) groups is 2. The van der Waals surface area contributed by atoms with Crippen LogP contribution in [0.15, 0.2) is 54.6 Å². The lowest BCUT2D eigenvalue weighted by atomic mass is 9.88. The van der Waals surface area contributed by atoms with Crippen molar-refractivity contribution >= 4 is 26.0 Å². The van der Waals surface area contributed by atoms with Gasteiger partial charge in [0.25, 0.3) is 5.91 Å². The van der Waals surface area contributed by atoms with Crippen molar-refractivity contribution in [3.8, 4) is 5.75 Å².